The summed E-state index contributed by atoms with van der Waals surface area (Å²) in [5.74, 6) is 0.804. The van der Waals surface area contributed by atoms with E-state index in [0.29, 0.717) is 5.41 Å². The van der Waals surface area contributed by atoms with Crippen molar-refractivity contribution in [2.75, 3.05) is 0 Å². The van der Waals surface area contributed by atoms with E-state index in [1.807, 2.05) is 0 Å². The summed E-state index contributed by atoms with van der Waals surface area (Å²) in [5, 5.41) is 0. The zero-order chi connectivity index (χ0) is 9.41. The first-order chi connectivity index (χ1) is 5.37. The van der Waals surface area contributed by atoms with Crippen LogP contribution >= 0.6 is 0 Å². The smallest absolute Gasteiger partial charge is 0.0159 e. The lowest BCUT2D eigenvalue weighted by Crippen LogP contribution is -2.48. The summed E-state index contributed by atoms with van der Waals surface area (Å²) in [6.07, 6.45) is 4.88. The van der Waals surface area contributed by atoms with E-state index in [4.69, 9.17) is 5.73 Å². The van der Waals surface area contributed by atoms with E-state index in [9.17, 15) is 0 Å². The molecule has 0 heterocycles. The molecule has 1 aliphatic carbocycles. The Morgan fingerprint density at radius 2 is 1.92 bits per heavy atom. The standard InChI is InChI=1S/C11H23N/c1-5-11(12)7-9(2)6-10(3,4)8-11/h9H,5-8,12H2,1-4H3. The van der Waals surface area contributed by atoms with Gasteiger partial charge >= 0.3 is 0 Å². The number of rotatable bonds is 1. The second kappa shape index (κ2) is 3.02. The van der Waals surface area contributed by atoms with E-state index >= 15 is 0 Å². The highest BCUT2D eigenvalue weighted by molar-refractivity contribution is 4.95. The highest BCUT2D eigenvalue weighted by Gasteiger charge is 2.38. The molecule has 1 saturated carbocycles. The predicted molar refractivity (Wildman–Crippen MR) is 54.0 cm³/mol. The SMILES string of the molecule is CCC1(N)CC(C)CC(C)(C)C1. The van der Waals surface area contributed by atoms with Crippen LogP contribution in [-0.4, -0.2) is 5.54 Å². The Morgan fingerprint density at radius 1 is 1.33 bits per heavy atom. The van der Waals surface area contributed by atoms with Crippen molar-refractivity contribution in [2.45, 2.75) is 58.9 Å². The zero-order valence-electron chi connectivity index (χ0n) is 8.98. The lowest BCUT2D eigenvalue weighted by atomic mass is 9.64. The maximum atomic E-state index is 6.32. The number of hydrogen-bond donors (Lipinski definition) is 1. The molecule has 0 aromatic rings. The van der Waals surface area contributed by atoms with E-state index in [1.165, 1.54) is 19.3 Å². The molecule has 0 aromatic heterocycles. The Kier molecular flexibility index (Phi) is 2.53. The molecule has 2 atom stereocenters. The van der Waals surface area contributed by atoms with E-state index in [1.54, 1.807) is 0 Å². The first-order valence-electron chi connectivity index (χ1n) is 5.16. The number of nitrogens with two attached hydrogens (primary N) is 1. The summed E-state index contributed by atoms with van der Waals surface area (Å²) in [6.45, 7) is 9.24. The molecule has 1 fully saturated rings. The molecular formula is C11H23N. The van der Waals surface area contributed by atoms with Crippen LogP contribution in [0.1, 0.15) is 53.4 Å². The van der Waals surface area contributed by atoms with Gasteiger partial charge in [-0.05, 0) is 37.0 Å². The van der Waals surface area contributed by atoms with Crippen LogP contribution in [0.5, 0.6) is 0 Å². The fraction of sp³-hybridized carbons (Fsp3) is 1.00. The Balaban J connectivity index is 2.70. The summed E-state index contributed by atoms with van der Waals surface area (Å²) in [6, 6.07) is 0. The first-order valence-corrected chi connectivity index (χ1v) is 5.16. The molecule has 2 N–H and O–H groups in total. The number of hydrogen-bond acceptors (Lipinski definition) is 1. The molecule has 1 nitrogen and oxygen atoms in total. The minimum absolute atomic E-state index is 0.126. The van der Waals surface area contributed by atoms with Crippen molar-refractivity contribution in [3.05, 3.63) is 0 Å². The summed E-state index contributed by atoms with van der Waals surface area (Å²) < 4.78 is 0. The van der Waals surface area contributed by atoms with Gasteiger partial charge in [0, 0.05) is 5.54 Å². The maximum absolute atomic E-state index is 6.32. The maximum Gasteiger partial charge on any atom is 0.0159 e. The van der Waals surface area contributed by atoms with Gasteiger partial charge in [0.15, 0.2) is 0 Å². The van der Waals surface area contributed by atoms with Crippen LogP contribution in [0.3, 0.4) is 0 Å². The average Bonchev–Trinajstić information content (AvgIpc) is 1.82. The normalized spacial score (nSPS) is 41.2. The minimum atomic E-state index is 0.126. The van der Waals surface area contributed by atoms with E-state index in [0.717, 1.165) is 12.3 Å². The Labute approximate surface area is 76.7 Å². The molecule has 0 saturated heterocycles. The molecule has 0 radical (unpaired) electrons. The van der Waals surface area contributed by atoms with Gasteiger partial charge in [-0.3, -0.25) is 0 Å². The highest BCUT2D eigenvalue weighted by atomic mass is 14.8. The molecular weight excluding hydrogens is 146 g/mol. The van der Waals surface area contributed by atoms with Crippen LogP contribution in [0.2, 0.25) is 0 Å². The van der Waals surface area contributed by atoms with Crippen molar-refractivity contribution >= 4 is 0 Å². The quantitative estimate of drug-likeness (QED) is 0.641. The molecule has 1 aliphatic rings. The van der Waals surface area contributed by atoms with Gasteiger partial charge in [-0.15, -0.1) is 0 Å². The van der Waals surface area contributed by atoms with Crippen molar-refractivity contribution in [3.63, 3.8) is 0 Å². The van der Waals surface area contributed by atoms with Gasteiger partial charge < -0.3 is 5.73 Å². The predicted octanol–water partition coefficient (Wildman–Crippen LogP) is 2.94. The van der Waals surface area contributed by atoms with Gasteiger partial charge in [-0.25, -0.2) is 0 Å². The van der Waals surface area contributed by atoms with Gasteiger partial charge in [0.25, 0.3) is 0 Å². The lowest BCUT2D eigenvalue weighted by Gasteiger charge is -2.45. The molecule has 2 unspecified atom stereocenters. The molecule has 12 heavy (non-hydrogen) atoms. The van der Waals surface area contributed by atoms with Crippen LogP contribution < -0.4 is 5.73 Å². The average molecular weight is 169 g/mol. The highest BCUT2D eigenvalue weighted by Crippen LogP contribution is 2.43. The monoisotopic (exact) mass is 169 g/mol. The van der Waals surface area contributed by atoms with Crippen LogP contribution in [0, 0.1) is 11.3 Å². The van der Waals surface area contributed by atoms with E-state index < -0.39 is 0 Å². The Morgan fingerprint density at radius 3 is 2.33 bits per heavy atom. The second-order valence-corrected chi connectivity index (χ2v) is 5.57. The fourth-order valence-corrected chi connectivity index (χ4v) is 3.08. The molecule has 1 rings (SSSR count). The first kappa shape index (κ1) is 10.0. The largest absolute Gasteiger partial charge is 0.325 e. The van der Waals surface area contributed by atoms with Crippen molar-refractivity contribution in [3.8, 4) is 0 Å². The summed E-state index contributed by atoms with van der Waals surface area (Å²) in [4.78, 5) is 0. The Hall–Kier alpha value is -0.0400. The van der Waals surface area contributed by atoms with Crippen LogP contribution in [0.15, 0.2) is 0 Å². The molecule has 72 valence electrons. The topological polar surface area (TPSA) is 26.0 Å². The van der Waals surface area contributed by atoms with Crippen LogP contribution in [0.25, 0.3) is 0 Å². The third kappa shape index (κ3) is 2.22. The van der Waals surface area contributed by atoms with Crippen molar-refractivity contribution in [1.29, 1.82) is 0 Å². The van der Waals surface area contributed by atoms with Crippen LogP contribution in [0.4, 0.5) is 0 Å². The summed E-state index contributed by atoms with van der Waals surface area (Å²) >= 11 is 0. The molecule has 0 aromatic carbocycles. The molecule has 0 bridgehead atoms. The zero-order valence-corrected chi connectivity index (χ0v) is 8.98. The summed E-state index contributed by atoms with van der Waals surface area (Å²) in [7, 11) is 0. The Bertz CT molecular complexity index is 162. The molecule has 0 aliphatic heterocycles. The molecule has 1 heteroatoms. The third-order valence-corrected chi connectivity index (χ3v) is 3.19. The fourth-order valence-electron chi connectivity index (χ4n) is 3.08. The van der Waals surface area contributed by atoms with Gasteiger partial charge in [-0.2, -0.15) is 0 Å². The van der Waals surface area contributed by atoms with Crippen molar-refractivity contribution in [1.82, 2.24) is 0 Å². The van der Waals surface area contributed by atoms with Crippen LogP contribution in [-0.2, 0) is 0 Å². The van der Waals surface area contributed by atoms with Gasteiger partial charge in [-0.1, -0.05) is 27.7 Å². The van der Waals surface area contributed by atoms with E-state index in [2.05, 4.69) is 27.7 Å². The molecule has 0 spiro atoms. The van der Waals surface area contributed by atoms with Crippen molar-refractivity contribution in [2.24, 2.45) is 17.1 Å². The van der Waals surface area contributed by atoms with Crippen molar-refractivity contribution < 1.29 is 0 Å². The minimum Gasteiger partial charge on any atom is -0.325 e. The third-order valence-electron chi connectivity index (χ3n) is 3.19. The van der Waals surface area contributed by atoms with E-state index in [-0.39, 0.29) is 5.54 Å². The van der Waals surface area contributed by atoms with Gasteiger partial charge in [0.1, 0.15) is 0 Å². The summed E-state index contributed by atoms with van der Waals surface area (Å²) in [5.41, 5.74) is 6.91. The molecule has 0 amide bonds. The van der Waals surface area contributed by atoms with Gasteiger partial charge in [0.05, 0.1) is 0 Å². The lowest BCUT2D eigenvalue weighted by molar-refractivity contribution is 0.105. The van der Waals surface area contributed by atoms with Gasteiger partial charge in [0.2, 0.25) is 0 Å². The second-order valence-electron chi connectivity index (χ2n) is 5.57.